The zero-order valence-corrected chi connectivity index (χ0v) is 11.9. The Hall–Kier alpha value is -1.10. The average Bonchev–Trinajstić information content (AvgIpc) is 2.89. The van der Waals surface area contributed by atoms with Crippen LogP contribution in [0.1, 0.15) is 24.7 Å². The van der Waals surface area contributed by atoms with E-state index >= 15 is 0 Å². The van der Waals surface area contributed by atoms with Crippen LogP contribution in [0.25, 0.3) is 11.4 Å². The number of halogens is 2. The van der Waals surface area contributed by atoms with E-state index in [0.717, 1.165) is 37.4 Å². The number of rotatable bonds is 2. The summed E-state index contributed by atoms with van der Waals surface area (Å²) in [5, 5.41) is 8.05. The van der Waals surface area contributed by atoms with E-state index in [1.807, 2.05) is 24.3 Å². The molecule has 1 aliphatic heterocycles. The minimum Gasteiger partial charge on any atom is -0.339 e. The van der Waals surface area contributed by atoms with Crippen molar-refractivity contribution in [1.82, 2.24) is 15.5 Å². The highest BCUT2D eigenvalue weighted by Crippen LogP contribution is 2.25. The predicted octanol–water partition coefficient (Wildman–Crippen LogP) is 3.28. The molecule has 1 saturated heterocycles. The highest BCUT2D eigenvalue weighted by Gasteiger charge is 2.21. The Morgan fingerprint density at radius 1 is 1.37 bits per heavy atom. The van der Waals surface area contributed by atoms with Gasteiger partial charge in [-0.1, -0.05) is 28.9 Å². The number of nitrogens with zero attached hydrogens (tertiary/aromatic N) is 2. The molecule has 102 valence electrons. The molecule has 0 aliphatic carbocycles. The van der Waals surface area contributed by atoms with Gasteiger partial charge in [0.15, 0.2) is 0 Å². The zero-order chi connectivity index (χ0) is 12.4. The summed E-state index contributed by atoms with van der Waals surface area (Å²) in [6.07, 6.45) is 2.25. The molecule has 0 saturated carbocycles. The third-order valence-electron chi connectivity index (χ3n) is 3.17. The normalized spacial score (nSPS) is 18.9. The minimum absolute atomic E-state index is 0. The van der Waals surface area contributed by atoms with E-state index < -0.39 is 0 Å². The van der Waals surface area contributed by atoms with Crippen LogP contribution in [0.2, 0.25) is 5.02 Å². The summed E-state index contributed by atoms with van der Waals surface area (Å²) in [5.41, 5.74) is 0.890. The second-order valence-electron chi connectivity index (χ2n) is 4.51. The Morgan fingerprint density at radius 2 is 2.26 bits per heavy atom. The number of hydrogen-bond acceptors (Lipinski definition) is 4. The summed E-state index contributed by atoms with van der Waals surface area (Å²) in [6, 6.07) is 7.49. The smallest absolute Gasteiger partial charge is 0.231 e. The number of benzene rings is 1. The first-order valence-corrected chi connectivity index (χ1v) is 6.51. The Bertz CT molecular complexity index is 538. The molecule has 1 aliphatic rings. The van der Waals surface area contributed by atoms with E-state index in [1.165, 1.54) is 0 Å². The largest absolute Gasteiger partial charge is 0.339 e. The van der Waals surface area contributed by atoms with Crippen LogP contribution in [-0.4, -0.2) is 23.2 Å². The molecule has 0 spiro atoms. The Morgan fingerprint density at radius 3 is 3.00 bits per heavy atom. The maximum absolute atomic E-state index is 5.95. The highest BCUT2D eigenvalue weighted by molar-refractivity contribution is 6.30. The van der Waals surface area contributed by atoms with Gasteiger partial charge in [-0.3, -0.25) is 0 Å². The molecule has 0 amide bonds. The standard InChI is InChI=1S/C13H14ClN3O.ClH/c14-11-5-1-3-9(7-11)12-16-13(18-17-12)10-4-2-6-15-8-10;/h1,3,5,7,10,15H,2,4,6,8H2;1H. The molecule has 1 unspecified atom stereocenters. The highest BCUT2D eigenvalue weighted by atomic mass is 35.5. The lowest BCUT2D eigenvalue weighted by atomic mass is 10.00. The summed E-state index contributed by atoms with van der Waals surface area (Å²) < 4.78 is 5.35. The molecule has 6 heteroatoms. The van der Waals surface area contributed by atoms with Gasteiger partial charge in [-0.05, 0) is 31.5 Å². The van der Waals surface area contributed by atoms with Gasteiger partial charge < -0.3 is 9.84 Å². The number of hydrogen-bond donors (Lipinski definition) is 1. The number of piperidine rings is 1. The van der Waals surface area contributed by atoms with Gasteiger partial charge in [0.25, 0.3) is 0 Å². The van der Waals surface area contributed by atoms with Crippen LogP contribution in [0.4, 0.5) is 0 Å². The molecular formula is C13H15Cl2N3O. The van der Waals surface area contributed by atoms with E-state index in [0.29, 0.717) is 16.8 Å². The van der Waals surface area contributed by atoms with Gasteiger partial charge in [-0.15, -0.1) is 12.4 Å². The van der Waals surface area contributed by atoms with Crippen molar-refractivity contribution in [1.29, 1.82) is 0 Å². The second kappa shape index (κ2) is 6.37. The number of nitrogens with one attached hydrogen (secondary N) is 1. The van der Waals surface area contributed by atoms with Gasteiger partial charge in [0, 0.05) is 17.1 Å². The Labute approximate surface area is 122 Å². The minimum atomic E-state index is 0. The topological polar surface area (TPSA) is 51.0 Å². The molecule has 0 bridgehead atoms. The lowest BCUT2D eigenvalue weighted by molar-refractivity contribution is 0.322. The fourth-order valence-electron chi connectivity index (χ4n) is 2.21. The summed E-state index contributed by atoms with van der Waals surface area (Å²) in [7, 11) is 0. The van der Waals surface area contributed by atoms with E-state index in [1.54, 1.807) is 0 Å². The predicted molar refractivity (Wildman–Crippen MR) is 76.8 cm³/mol. The summed E-state index contributed by atoms with van der Waals surface area (Å²) in [5.74, 6) is 1.66. The first-order chi connectivity index (χ1) is 8.83. The Balaban J connectivity index is 0.00000133. The van der Waals surface area contributed by atoms with Crippen LogP contribution in [0.3, 0.4) is 0 Å². The van der Waals surface area contributed by atoms with Crippen molar-refractivity contribution in [2.24, 2.45) is 0 Å². The van der Waals surface area contributed by atoms with E-state index in [2.05, 4.69) is 15.5 Å². The van der Waals surface area contributed by atoms with Gasteiger partial charge in [0.2, 0.25) is 11.7 Å². The molecule has 2 heterocycles. The van der Waals surface area contributed by atoms with Crippen molar-refractivity contribution in [3.8, 4) is 11.4 Å². The molecule has 1 N–H and O–H groups in total. The molecule has 1 aromatic carbocycles. The lowest BCUT2D eigenvalue weighted by Gasteiger charge is -2.18. The fourth-order valence-corrected chi connectivity index (χ4v) is 2.40. The molecular weight excluding hydrogens is 285 g/mol. The van der Waals surface area contributed by atoms with E-state index in [4.69, 9.17) is 16.1 Å². The quantitative estimate of drug-likeness (QED) is 0.924. The average molecular weight is 300 g/mol. The SMILES string of the molecule is Cl.Clc1cccc(-c2noc(C3CCCNC3)n2)c1. The second-order valence-corrected chi connectivity index (χ2v) is 4.95. The van der Waals surface area contributed by atoms with Gasteiger partial charge in [-0.2, -0.15) is 4.98 Å². The van der Waals surface area contributed by atoms with Crippen molar-refractivity contribution >= 4 is 24.0 Å². The summed E-state index contributed by atoms with van der Waals surface area (Å²) in [4.78, 5) is 4.47. The van der Waals surface area contributed by atoms with Crippen molar-refractivity contribution in [2.45, 2.75) is 18.8 Å². The van der Waals surface area contributed by atoms with Crippen molar-refractivity contribution in [2.75, 3.05) is 13.1 Å². The molecule has 19 heavy (non-hydrogen) atoms. The molecule has 3 rings (SSSR count). The molecule has 2 aromatic rings. The fraction of sp³-hybridized carbons (Fsp3) is 0.385. The van der Waals surface area contributed by atoms with Gasteiger partial charge in [-0.25, -0.2) is 0 Å². The van der Waals surface area contributed by atoms with Crippen molar-refractivity contribution in [3.05, 3.63) is 35.2 Å². The zero-order valence-electron chi connectivity index (χ0n) is 10.3. The molecule has 1 aromatic heterocycles. The summed E-state index contributed by atoms with van der Waals surface area (Å²) >= 11 is 5.95. The Kier molecular flexibility index (Phi) is 4.80. The van der Waals surface area contributed by atoms with Gasteiger partial charge in [0.05, 0.1) is 5.92 Å². The first-order valence-electron chi connectivity index (χ1n) is 6.13. The maximum atomic E-state index is 5.95. The summed E-state index contributed by atoms with van der Waals surface area (Å²) in [6.45, 7) is 1.99. The van der Waals surface area contributed by atoms with Crippen LogP contribution in [0.15, 0.2) is 28.8 Å². The van der Waals surface area contributed by atoms with Crippen LogP contribution in [0, 0.1) is 0 Å². The van der Waals surface area contributed by atoms with E-state index in [9.17, 15) is 0 Å². The van der Waals surface area contributed by atoms with Crippen LogP contribution in [-0.2, 0) is 0 Å². The van der Waals surface area contributed by atoms with Crippen molar-refractivity contribution in [3.63, 3.8) is 0 Å². The van der Waals surface area contributed by atoms with Gasteiger partial charge >= 0.3 is 0 Å². The van der Waals surface area contributed by atoms with Crippen LogP contribution < -0.4 is 5.32 Å². The third kappa shape index (κ3) is 3.26. The molecule has 1 atom stereocenters. The third-order valence-corrected chi connectivity index (χ3v) is 3.41. The lowest BCUT2D eigenvalue weighted by Crippen LogP contribution is -2.28. The molecule has 1 fully saturated rings. The van der Waals surface area contributed by atoms with Crippen molar-refractivity contribution < 1.29 is 4.52 Å². The molecule has 0 radical (unpaired) electrons. The van der Waals surface area contributed by atoms with Crippen LogP contribution in [0.5, 0.6) is 0 Å². The molecule has 4 nitrogen and oxygen atoms in total. The van der Waals surface area contributed by atoms with Gasteiger partial charge in [0.1, 0.15) is 0 Å². The van der Waals surface area contributed by atoms with Crippen LogP contribution >= 0.6 is 24.0 Å². The van der Waals surface area contributed by atoms with E-state index in [-0.39, 0.29) is 12.4 Å². The number of aromatic nitrogens is 2. The monoisotopic (exact) mass is 299 g/mol. The first kappa shape index (κ1) is 14.3. The maximum Gasteiger partial charge on any atom is 0.231 e.